The molecule has 0 aliphatic heterocycles. The molecular weight excluding hydrogens is 207 g/mol. The lowest BCUT2D eigenvalue weighted by Gasteiger charge is -1.99. The molecule has 6 heteroatoms. The van der Waals surface area contributed by atoms with Crippen molar-refractivity contribution < 1.29 is 12.8 Å². The molecule has 74 valence electrons. The second-order valence-electron chi connectivity index (χ2n) is 2.94. The van der Waals surface area contributed by atoms with Crippen molar-refractivity contribution in [1.29, 1.82) is 0 Å². The van der Waals surface area contributed by atoms with E-state index in [4.69, 9.17) is 0 Å². The Balaban J connectivity index is 2.83. The fourth-order valence-electron chi connectivity index (χ4n) is 1.23. The van der Waals surface area contributed by atoms with E-state index in [2.05, 4.69) is 4.98 Å². The van der Waals surface area contributed by atoms with Crippen LogP contribution in [0, 0.1) is 5.82 Å². The molecule has 0 fully saturated rings. The molecule has 0 saturated carbocycles. The second kappa shape index (κ2) is 2.78. The molecule has 0 aliphatic carbocycles. The van der Waals surface area contributed by atoms with E-state index in [9.17, 15) is 12.8 Å². The summed E-state index contributed by atoms with van der Waals surface area (Å²) < 4.78 is 36.2. The summed E-state index contributed by atoms with van der Waals surface area (Å²) in [7, 11) is -3.37. The lowest BCUT2D eigenvalue weighted by Crippen LogP contribution is -2.08. The molecule has 0 atom stereocenters. The molecular formula is C8H7FN2O2S. The van der Waals surface area contributed by atoms with E-state index in [1.54, 1.807) is 0 Å². The summed E-state index contributed by atoms with van der Waals surface area (Å²) >= 11 is 0. The fraction of sp³-hybridized carbons (Fsp3) is 0.125. The summed E-state index contributed by atoms with van der Waals surface area (Å²) in [6.07, 6.45) is 2.23. The van der Waals surface area contributed by atoms with Crippen molar-refractivity contribution in [2.45, 2.75) is 0 Å². The van der Waals surface area contributed by atoms with Crippen LogP contribution in [0.15, 0.2) is 24.5 Å². The van der Waals surface area contributed by atoms with Crippen LogP contribution in [0.4, 0.5) is 4.39 Å². The van der Waals surface area contributed by atoms with Gasteiger partial charge in [-0.2, -0.15) is 0 Å². The number of imidazole rings is 1. The minimum Gasteiger partial charge on any atom is -0.235 e. The number of hydrogen-bond donors (Lipinski definition) is 0. The summed E-state index contributed by atoms with van der Waals surface area (Å²) in [6, 6.07) is 3.78. The van der Waals surface area contributed by atoms with Gasteiger partial charge in [-0.25, -0.2) is 21.8 Å². The van der Waals surface area contributed by atoms with E-state index in [1.165, 1.54) is 24.5 Å². The zero-order chi connectivity index (χ0) is 10.3. The van der Waals surface area contributed by atoms with Gasteiger partial charge in [0.2, 0.25) is 10.0 Å². The highest BCUT2D eigenvalue weighted by atomic mass is 32.2. The normalized spacial score (nSPS) is 12.1. The number of fused-ring (bicyclic) bond motifs is 1. The maximum Gasteiger partial charge on any atom is 0.237 e. The number of rotatable bonds is 1. The SMILES string of the molecule is CS(=O)(=O)n1cnc2cc(F)ccc21. The van der Waals surface area contributed by atoms with Crippen molar-refractivity contribution >= 4 is 21.1 Å². The van der Waals surface area contributed by atoms with E-state index in [1.807, 2.05) is 0 Å². The van der Waals surface area contributed by atoms with Crippen LogP contribution in [0.5, 0.6) is 0 Å². The van der Waals surface area contributed by atoms with Gasteiger partial charge < -0.3 is 0 Å². The zero-order valence-corrected chi connectivity index (χ0v) is 8.12. The van der Waals surface area contributed by atoms with Crippen LogP contribution in [0.2, 0.25) is 0 Å². The highest BCUT2D eigenvalue weighted by molar-refractivity contribution is 7.89. The van der Waals surface area contributed by atoms with Crippen LogP contribution in [-0.4, -0.2) is 23.6 Å². The predicted octanol–water partition coefficient (Wildman–Crippen LogP) is 0.983. The standard InChI is InChI=1S/C8H7FN2O2S/c1-14(12,13)11-5-10-7-4-6(9)2-3-8(7)11/h2-5H,1H3. The average molecular weight is 214 g/mol. The molecule has 1 heterocycles. The highest BCUT2D eigenvalue weighted by Crippen LogP contribution is 2.15. The first-order chi connectivity index (χ1) is 6.48. The van der Waals surface area contributed by atoms with E-state index in [0.717, 1.165) is 10.2 Å². The van der Waals surface area contributed by atoms with Gasteiger partial charge >= 0.3 is 0 Å². The highest BCUT2D eigenvalue weighted by Gasteiger charge is 2.10. The number of benzene rings is 1. The molecule has 0 radical (unpaired) electrons. The van der Waals surface area contributed by atoms with Gasteiger partial charge in [0.15, 0.2) is 0 Å². The smallest absolute Gasteiger partial charge is 0.235 e. The molecule has 0 bridgehead atoms. The minimum absolute atomic E-state index is 0.329. The Bertz CT molecular complexity index is 588. The van der Waals surface area contributed by atoms with Crippen LogP contribution in [0.25, 0.3) is 11.0 Å². The summed E-state index contributed by atoms with van der Waals surface area (Å²) in [6.45, 7) is 0. The number of halogens is 1. The van der Waals surface area contributed by atoms with Gasteiger partial charge in [-0.05, 0) is 12.1 Å². The molecule has 0 N–H and O–H groups in total. The zero-order valence-electron chi connectivity index (χ0n) is 7.31. The predicted molar refractivity (Wildman–Crippen MR) is 49.9 cm³/mol. The Morgan fingerprint density at radius 3 is 2.79 bits per heavy atom. The van der Waals surface area contributed by atoms with Crippen LogP contribution in [0.3, 0.4) is 0 Å². The van der Waals surface area contributed by atoms with Gasteiger partial charge in [0.1, 0.15) is 12.1 Å². The Morgan fingerprint density at radius 2 is 2.14 bits per heavy atom. The van der Waals surface area contributed by atoms with E-state index in [-0.39, 0.29) is 0 Å². The van der Waals surface area contributed by atoms with E-state index in [0.29, 0.717) is 11.0 Å². The molecule has 2 rings (SSSR count). The third-order valence-electron chi connectivity index (χ3n) is 1.83. The second-order valence-corrected chi connectivity index (χ2v) is 4.80. The van der Waals surface area contributed by atoms with Crippen molar-refractivity contribution in [3.05, 3.63) is 30.3 Å². The first kappa shape index (κ1) is 9.14. The number of aromatic nitrogens is 2. The summed E-state index contributed by atoms with van der Waals surface area (Å²) in [5.41, 5.74) is 0.712. The summed E-state index contributed by atoms with van der Waals surface area (Å²) in [5.74, 6) is -0.434. The summed E-state index contributed by atoms with van der Waals surface area (Å²) in [5, 5.41) is 0. The fourth-order valence-corrected chi connectivity index (χ4v) is 1.96. The monoisotopic (exact) mass is 214 g/mol. The third-order valence-corrected chi connectivity index (χ3v) is 2.84. The molecule has 2 aromatic rings. The third kappa shape index (κ3) is 1.37. The van der Waals surface area contributed by atoms with E-state index >= 15 is 0 Å². The minimum atomic E-state index is -3.37. The number of nitrogens with zero attached hydrogens (tertiary/aromatic N) is 2. The van der Waals surface area contributed by atoms with Gasteiger partial charge in [-0.3, -0.25) is 0 Å². The molecule has 14 heavy (non-hydrogen) atoms. The Kier molecular flexibility index (Phi) is 1.81. The maximum atomic E-state index is 12.7. The van der Waals surface area contributed by atoms with Gasteiger partial charge in [0, 0.05) is 6.07 Å². The Morgan fingerprint density at radius 1 is 1.43 bits per heavy atom. The van der Waals surface area contributed by atoms with Gasteiger partial charge in [-0.1, -0.05) is 0 Å². The van der Waals surface area contributed by atoms with Gasteiger partial charge in [-0.15, -0.1) is 0 Å². The average Bonchev–Trinajstić information content (AvgIpc) is 2.45. The Hall–Kier alpha value is -1.43. The van der Waals surface area contributed by atoms with Crippen molar-refractivity contribution in [2.24, 2.45) is 0 Å². The topological polar surface area (TPSA) is 52.0 Å². The molecule has 1 aromatic heterocycles. The van der Waals surface area contributed by atoms with Crippen molar-refractivity contribution in [1.82, 2.24) is 8.96 Å². The molecule has 4 nitrogen and oxygen atoms in total. The Labute approximate surface area is 80.0 Å². The van der Waals surface area contributed by atoms with Crippen molar-refractivity contribution in [2.75, 3.05) is 6.26 Å². The van der Waals surface area contributed by atoms with Crippen LogP contribution in [0.1, 0.15) is 0 Å². The van der Waals surface area contributed by atoms with Crippen molar-refractivity contribution in [3.63, 3.8) is 0 Å². The van der Waals surface area contributed by atoms with Gasteiger partial charge in [0.25, 0.3) is 0 Å². The lowest BCUT2D eigenvalue weighted by molar-refractivity contribution is 0.594. The van der Waals surface area contributed by atoms with E-state index < -0.39 is 15.8 Å². The maximum absolute atomic E-state index is 12.7. The largest absolute Gasteiger partial charge is 0.237 e. The molecule has 1 aromatic carbocycles. The van der Waals surface area contributed by atoms with Crippen molar-refractivity contribution in [3.8, 4) is 0 Å². The first-order valence-corrected chi connectivity index (χ1v) is 5.66. The first-order valence-electron chi connectivity index (χ1n) is 3.81. The molecule has 0 saturated heterocycles. The molecule has 0 unspecified atom stereocenters. The number of hydrogen-bond acceptors (Lipinski definition) is 3. The van der Waals surface area contributed by atoms with Crippen LogP contribution >= 0.6 is 0 Å². The quantitative estimate of drug-likeness (QED) is 0.711. The molecule has 0 aliphatic rings. The lowest BCUT2D eigenvalue weighted by atomic mass is 10.3. The van der Waals surface area contributed by atoms with Gasteiger partial charge in [0.05, 0.1) is 17.3 Å². The van der Waals surface area contributed by atoms with Crippen LogP contribution < -0.4 is 0 Å². The van der Waals surface area contributed by atoms with Crippen LogP contribution in [-0.2, 0) is 10.0 Å². The summed E-state index contributed by atoms with van der Waals surface area (Å²) in [4.78, 5) is 3.79. The molecule has 0 amide bonds. The molecule has 0 spiro atoms.